The van der Waals surface area contributed by atoms with E-state index in [0.29, 0.717) is 19.6 Å². The van der Waals surface area contributed by atoms with Gasteiger partial charge in [-0.05, 0) is 39.0 Å². The minimum Gasteiger partial charge on any atom is -0.379 e. The number of rotatable bonds is 4. The van der Waals surface area contributed by atoms with E-state index >= 15 is 0 Å². The molecule has 0 radical (unpaired) electrons. The van der Waals surface area contributed by atoms with E-state index in [2.05, 4.69) is 26.0 Å². The van der Waals surface area contributed by atoms with Crippen LogP contribution in [0.2, 0.25) is 0 Å². The summed E-state index contributed by atoms with van der Waals surface area (Å²) in [7, 11) is 0. The van der Waals surface area contributed by atoms with E-state index in [1.165, 1.54) is 5.56 Å². The molecule has 1 aromatic carbocycles. The van der Waals surface area contributed by atoms with Crippen LogP contribution in [0.3, 0.4) is 0 Å². The average Bonchev–Trinajstić information content (AvgIpc) is 2.80. The van der Waals surface area contributed by atoms with Crippen molar-refractivity contribution >= 4 is 5.78 Å². The van der Waals surface area contributed by atoms with Crippen molar-refractivity contribution in [3.8, 4) is 5.69 Å². The molecule has 110 valence electrons. The van der Waals surface area contributed by atoms with E-state index in [-0.39, 0.29) is 11.2 Å². The van der Waals surface area contributed by atoms with Crippen LogP contribution < -0.4 is 0 Å². The van der Waals surface area contributed by atoms with Crippen molar-refractivity contribution in [1.82, 2.24) is 9.78 Å². The van der Waals surface area contributed by atoms with Gasteiger partial charge in [-0.3, -0.25) is 4.79 Å². The third kappa shape index (κ3) is 2.63. The minimum absolute atomic E-state index is 0.0263. The van der Waals surface area contributed by atoms with E-state index in [1.807, 2.05) is 22.9 Å². The molecule has 4 nitrogen and oxygen atoms in total. The summed E-state index contributed by atoms with van der Waals surface area (Å²) in [5.74, 6) is 0.143. The van der Waals surface area contributed by atoms with Gasteiger partial charge in [0.05, 0.1) is 35.7 Å². The maximum atomic E-state index is 11.5. The SMILES string of the molecule is CC(=O)Cc1cc(C2(C)COC2)nn1-c1ccc(C)cc1. The van der Waals surface area contributed by atoms with Crippen LogP contribution in [0.4, 0.5) is 0 Å². The third-order valence-corrected chi connectivity index (χ3v) is 3.95. The molecule has 0 bridgehead atoms. The van der Waals surface area contributed by atoms with Crippen molar-refractivity contribution in [2.24, 2.45) is 0 Å². The van der Waals surface area contributed by atoms with Crippen molar-refractivity contribution in [3.05, 3.63) is 47.3 Å². The van der Waals surface area contributed by atoms with Gasteiger partial charge in [0.15, 0.2) is 0 Å². The van der Waals surface area contributed by atoms with Crippen molar-refractivity contribution in [3.63, 3.8) is 0 Å². The van der Waals surface area contributed by atoms with Gasteiger partial charge in [0.1, 0.15) is 5.78 Å². The van der Waals surface area contributed by atoms with Crippen LogP contribution >= 0.6 is 0 Å². The first-order chi connectivity index (χ1) is 9.98. The lowest BCUT2D eigenvalue weighted by molar-refractivity contribution is -0.116. The van der Waals surface area contributed by atoms with Gasteiger partial charge in [-0.15, -0.1) is 0 Å². The number of ketones is 1. The molecule has 1 aliphatic heterocycles. The number of aromatic nitrogens is 2. The van der Waals surface area contributed by atoms with Gasteiger partial charge >= 0.3 is 0 Å². The van der Waals surface area contributed by atoms with E-state index in [0.717, 1.165) is 17.1 Å². The van der Waals surface area contributed by atoms with Crippen LogP contribution in [-0.4, -0.2) is 28.8 Å². The number of nitrogens with zero attached hydrogens (tertiary/aromatic N) is 2. The highest BCUT2D eigenvalue weighted by Crippen LogP contribution is 2.32. The molecule has 1 fully saturated rings. The number of hydrogen-bond donors (Lipinski definition) is 0. The predicted molar refractivity (Wildman–Crippen MR) is 80.9 cm³/mol. The Morgan fingerprint density at radius 1 is 1.33 bits per heavy atom. The highest BCUT2D eigenvalue weighted by atomic mass is 16.5. The van der Waals surface area contributed by atoms with Crippen LogP contribution in [0, 0.1) is 6.92 Å². The van der Waals surface area contributed by atoms with Crippen LogP contribution in [0.25, 0.3) is 5.69 Å². The average molecular weight is 284 g/mol. The Labute approximate surface area is 124 Å². The zero-order chi connectivity index (χ0) is 15.0. The monoisotopic (exact) mass is 284 g/mol. The van der Waals surface area contributed by atoms with Crippen molar-refractivity contribution in [2.45, 2.75) is 32.6 Å². The summed E-state index contributed by atoms with van der Waals surface area (Å²) in [6.07, 6.45) is 0.401. The molecule has 0 N–H and O–H groups in total. The quantitative estimate of drug-likeness (QED) is 0.867. The second-order valence-electron chi connectivity index (χ2n) is 6.20. The van der Waals surface area contributed by atoms with Crippen LogP contribution in [0.5, 0.6) is 0 Å². The molecule has 2 heterocycles. The summed E-state index contributed by atoms with van der Waals surface area (Å²) in [6, 6.07) is 10.2. The summed E-state index contributed by atoms with van der Waals surface area (Å²) in [5, 5.41) is 4.74. The van der Waals surface area contributed by atoms with Crippen molar-refractivity contribution < 1.29 is 9.53 Å². The molecule has 3 rings (SSSR count). The lowest BCUT2D eigenvalue weighted by Gasteiger charge is -2.36. The molecule has 21 heavy (non-hydrogen) atoms. The fraction of sp³-hybridized carbons (Fsp3) is 0.412. The van der Waals surface area contributed by atoms with E-state index in [9.17, 15) is 4.79 Å². The lowest BCUT2D eigenvalue weighted by Crippen LogP contribution is -2.44. The number of hydrogen-bond acceptors (Lipinski definition) is 3. The molecule has 1 saturated heterocycles. The minimum atomic E-state index is -0.0263. The summed E-state index contributed by atoms with van der Waals surface area (Å²) in [6.45, 7) is 7.20. The van der Waals surface area contributed by atoms with Crippen molar-refractivity contribution in [2.75, 3.05) is 13.2 Å². The van der Waals surface area contributed by atoms with Crippen LogP contribution in [0.1, 0.15) is 30.8 Å². The normalized spacial score (nSPS) is 16.5. The first-order valence-electron chi connectivity index (χ1n) is 7.22. The summed E-state index contributed by atoms with van der Waals surface area (Å²) in [4.78, 5) is 11.5. The fourth-order valence-electron chi connectivity index (χ4n) is 2.56. The van der Waals surface area contributed by atoms with Gasteiger partial charge in [0.25, 0.3) is 0 Å². The topological polar surface area (TPSA) is 44.1 Å². The third-order valence-electron chi connectivity index (χ3n) is 3.95. The van der Waals surface area contributed by atoms with Gasteiger partial charge in [0.2, 0.25) is 0 Å². The first-order valence-corrected chi connectivity index (χ1v) is 7.22. The number of Topliss-reactive ketones (excluding diaryl/α,β-unsaturated/α-hetero) is 1. The number of carbonyl (C=O) groups excluding carboxylic acids is 1. The highest BCUT2D eigenvalue weighted by molar-refractivity contribution is 5.78. The Kier molecular flexibility index (Phi) is 3.41. The molecule has 0 saturated carbocycles. The molecule has 0 aliphatic carbocycles. The number of ether oxygens (including phenoxy) is 1. The Morgan fingerprint density at radius 2 is 2.00 bits per heavy atom. The van der Waals surface area contributed by atoms with Crippen molar-refractivity contribution in [1.29, 1.82) is 0 Å². The number of carbonyl (C=O) groups is 1. The molecule has 2 aromatic rings. The summed E-state index contributed by atoms with van der Waals surface area (Å²) >= 11 is 0. The molecule has 0 atom stereocenters. The van der Waals surface area contributed by atoms with Gasteiger partial charge in [-0.1, -0.05) is 17.7 Å². The van der Waals surface area contributed by atoms with Gasteiger partial charge in [0, 0.05) is 6.42 Å². The predicted octanol–water partition coefficient (Wildman–Crippen LogP) is 2.60. The lowest BCUT2D eigenvalue weighted by atomic mass is 9.85. The molecule has 1 aliphatic rings. The molecular weight excluding hydrogens is 264 g/mol. The van der Waals surface area contributed by atoms with E-state index in [1.54, 1.807) is 6.92 Å². The molecule has 0 amide bonds. The number of benzene rings is 1. The van der Waals surface area contributed by atoms with Crippen LogP contribution in [0.15, 0.2) is 30.3 Å². The molecule has 0 spiro atoms. The van der Waals surface area contributed by atoms with Gasteiger partial charge < -0.3 is 4.74 Å². The summed E-state index contributed by atoms with van der Waals surface area (Å²) < 4.78 is 7.22. The number of aryl methyl sites for hydroxylation is 1. The maximum Gasteiger partial charge on any atom is 0.135 e. The van der Waals surface area contributed by atoms with Gasteiger partial charge in [-0.2, -0.15) is 5.10 Å². The Hall–Kier alpha value is -1.94. The second kappa shape index (κ2) is 5.11. The highest BCUT2D eigenvalue weighted by Gasteiger charge is 2.38. The molecule has 4 heteroatoms. The molecular formula is C17H20N2O2. The standard InChI is InChI=1S/C17H20N2O2/c1-12-4-6-14(7-5-12)19-15(8-13(2)20)9-16(18-19)17(3)10-21-11-17/h4-7,9H,8,10-11H2,1-3H3. The van der Waals surface area contributed by atoms with Gasteiger partial charge in [-0.25, -0.2) is 4.68 Å². The molecule has 0 unspecified atom stereocenters. The second-order valence-corrected chi connectivity index (χ2v) is 6.20. The maximum absolute atomic E-state index is 11.5. The first kappa shape index (κ1) is 14.0. The van der Waals surface area contributed by atoms with Crippen LogP contribution in [-0.2, 0) is 21.4 Å². The summed E-state index contributed by atoms with van der Waals surface area (Å²) in [5.41, 5.74) is 4.12. The molecule has 1 aromatic heterocycles. The Morgan fingerprint density at radius 3 is 2.52 bits per heavy atom. The van der Waals surface area contributed by atoms with E-state index in [4.69, 9.17) is 9.84 Å². The smallest absolute Gasteiger partial charge is 0.135 e. The zero-order valence-corrected chi connectivity index (χ0v) is 12.7. The Bertz CT molecular complexity index is 667. The fourth-order valence-corrected chi connectivity index (χ4v) is 2.56. The van der Waals surface area contributed by atoms with E-state index < -0.39 is 0 Å². The zero-order valence-electron chi connectivity index (χ0n) is 12.7. The largest absolute Gasteiger partial charge is 0.379 e. The Balaban J connectivity index is 2.04.